The molecule has 1 saturated heterocycles. The van der Waals surface area contributed by atoms with Crippen LogP contribution >= 0.6 is 11.6 Å². The maximum atomic E-state index is 11.3. The van der Waals surface area contributed by atoms with E-state index in [0.29, 0.717) is 23.6 Å². The fourth-order valence-electron chi connectivity index (χ4n) is 3.72. The third kappa shape index (κ3) is 4.66. The molecule has 3 rings (SSSR count). The van der Waals surface area contributed by atoms with Crippen molar-refractivity contribution in [2.24, 2.45) is 5.18 Å². The minimum absolute atomic E-state index is 0.0226. The molecule has 0 radical (unpaired) electrons. The number of halogens is 1. The fraction of sp³-hybridized carbons (Fsp3) is 0.455. The summed E-state index contributed by atoms with van der Waals surface area (Å²) in [6.45, 7) is 2.07. The molecule has 2 aromatic rings. The van der Waals surface area contributed by atoms with E-state index in [9.17, 15) is 15.1 Å². The van der Waals surface area contributed by atoms with Gasteiger partial charge in [-0.05, 0) is 48.7 Å². The number of aliphatic hydroxyl groups excluding tert-OH is 2. The standard InChI is InChI=1S/C22H26ClNO6/c1-3-29-17-7-4-14(5-8-17)10-15-11-16(6-9-18(15)23)22(28-2)12-19(24-27)21(26)20(13-25)30-22/h4-9,11,19-21,25-26H,3,10,12-13H2,1-2H3/t19-,20-,21?,22-/m1/s1. The van der Waals surface area contributed by atoms with Gasteiger partial charge >= 0.3 is 0 Å². The van der Waals surface area contributed by atoms with Crippen LogP contribution in [0.25, 0.3) is 0 Å². The van der Waals surface area contributed by atoms with E-state index in [2.05, 4.69) is 5.18 Å². The number of aliphatic hydroxyl groups is 2. The summed E-state index contributed by atoms with van der Waals surface area (Å²) < 4.78 is 17.0. The van der Waals surface area contributed by atoms with Crippen molar-refractivity contribution in [3.05, 3.63) is 69.1 Å². The largest absolute Gasteiger partial charge is 0.494 e. The van der Waals surface area contributed by atoms with Crippen LogP contribution in [0.15, 0.2) is 47.6 Å². The second-order valence-electron chi connectivity index (χ2n) is 7.22. The summed E-state index contributed by atoms with van der Waals surface area (Å²) in [6.07, 6.45) is -1.60. The number of nitrogens with zero attached hydrogens (tertiary/aromatic N) is 1. The van der Waals surface area contributed by atoms with Crippen LogP contribution in [0.1, 0.15) is 30.0 Å². The summed E-state index contributed by atoms with van der Waals surface area (Å²) >= 11 is 6.43. The molecule has 0 aliphatic carbocycles. The van der Waals surface area contributed by atoms with E-state index < -0.39 is 30.6 Å². The van der Waals surface area contributed by atoms with Crippen LogP contribution in [-0.4, -0.2) is 48.8 Å². The number of benzene rings is 2. The normalized spacial score (nSPS) is 26.4. The first kappa shape index (κ1) is 22.7. The number of hydrogen-bond donors (Lipinski definition) is 2. The Kier molecular flexibility index (Phi) is 7.44. The van der Waals surface area contributed by atoms with Crippen molar-refractivity contribution >= 4 is 11.6 Å². The van der Waals surface area contributed by atoms with Gasteiger partial charge in [-0.25, -0.2) is 0 Å². The molecule has 2 N–H and O–H groups in total. The Balaban J connectivity index is 1.91. The third-order valence-corrected chi connectivity index (χ3v) is 5.72. The predicted molar refractivity (Wildman–Crippen MR) is 113 cm³/mol. The monoisotopic (exact) mass is 435 g/mol. The van der Waals surface area contributed by atoms with Gasteiger partial charge in [0, 0.05) is 24.1 Å². The molecule has 8 heteroatoms. The Bertz CT molecular complexity index is 861. The van der Waals surface area contributed by atoms with Crippen molar-refractivity contribution in [2.75, 3.05) is 20.3 Å². The van der Waals surface area contributed by atoms with Crippen molar-refractivity contribution in [3.8, 4) is 5.75 Å². The van der Waals surface area contributed by atoms with Gasteiger partial charge < -0.3 is 24.4 Å². The number of hydrogen-bond acceptors (Lipinski definition) is 7. The van der Waals surface area contributed by atoms with Crippen LogP contribution in [0.3, 0.4) is 0 Å². The Morgan fingerprint density at radius 2 is 2.00 bits per heavy atom. The number of methoxy groups -OCH3 is 1. The second-order valence-corrected chi connectivity index (χ2v) is 7.63. The van der Waals surface area contributed by atoms with E-state index in [1.807, 2.05) is 37.3 Å². The molecule has 4 atom stereocenters. The van der Waals surface area contributed by atoms with Gasteiger partial charge in [0.2, 0.25) is 0 Å². The van der Waals surface area contributed by atoms with Gasteiger partial charge in [-0.2, -0.15) is 4.91 Å². The summed E-state index contributed by atoms with van der Waals surface area (Å²) in [5, 5.41) is 23.4. The van der Waals surface area contributed by atoms with Crippen LogP contribution in [0, 0.1) is 4.91 Å². The maximum absolute atomic E-state index is 11.3. The van der Waals surface area contributed by atoms with Gasteiger partial charge in [-0.15, -0.1) is 0 Å². The summed E-state index contributed by atoms with van der Waals surface area (Å²) in [5.74, 6) is -0.528. The average Bonchev–Trinajstić information content (AvgIpc) is 2.77. The Hall–Kier alpha value is -2.03. The smallest absolute Gasteiger partial charge is 0.197 e. The van der Waals surface area contributed by atoms with Crippen LogP contribution < -0.4 is 4.74 Å². The number of rotatable bonds is 8. The molecular formula is C22H26ClNO6. The summed E-state index contributed by atoms with van der Waals surface area (Å²) in [4.78, 5) is 11.3. The van der Waals surface area contributed by atoms with Gasteiger partial charge in [0.05, 0.1) is 13.2 Å². The molecular weight excluding hydrogens is 410 g/mol. The molecule has 30 heavy (non-hydrogen) atoms. The highest BCUT2D eigenvalue weighted by atomic mass is 35.5. The Morgan fingerprint density at radius 1 is 1.27 bits per heavy atom. The fourth-order valence-corrected chi connectivity index (χ4v) is 3.91. The highest BCUT2D eigenvalue weighted by Crippen LogP contribution is 2.41. The molecule has 0 bridgehead atoms. The maximum Gasteiger partial charge on any atom is 0.197 e. The van der Waals surface area contributed by atoms with Crippen LogP contribution in [0.4, 0.5) is 0 Å². The van der Waals surface area contributed by atoms with Crippen molar-refractivity contribution in [2.45, 2.75) is 43.8 Å². The summed E-state index contributed by atoms with van der Waals surface area (Å²) in [7, 11) is 1.45. The summed E-state index contributed by atoms with van der Waals surface area (Å²) in [6, 6.07) is 12.1. The molecule has 162 valence electrons. The zero-order chi connectivity index (χ0) is 21.7. The molecule has 0 saturated carbocycles. The average molecular weight is 436 g/mol. The van der Waals surface area contributed by atoms with Gasteiger partial charge in [-0.3, -0.25) is 0 Å². The number of nitroso groups, excluding NO2 is 1. The van der Waals surface area contributed by atoms with E-state index in [1.165, 1.54) is 7.11 Å². The van der Waals surface area contributed by atoms with Gasteiger partial charge in [0.15, 0.2) is 5.79 Å². The van der Waals surface area contributed by atoms with Crippen LogP contribution in [-0.2, 0) is 21.7 Å². The number of ether oxygens (including phenoxy) is 3. The lowest BCUT2D eigenvalue weighted by atomic mass is 9.88. The van der Waals surface area contributed by atoms with E-state index in [-0.39, 0.29) is 6.42 Å². The lowest BCUT2D eigenvalue weighted by molar-refractivity contribution is -0.306. The lowest BCUT2D eigenvalue weighted by Gasteiger charge is -2.44. The van der Waals surface area contributed by atoms with Crippen molar-refractivity contribution in [3.63, 3.8) is 0 Å². The van der Waals surface area contributed by atoms with E-state index in [1.54, 1.807) is 12.1 Å². The lowest BCUT2D eigenvalue weighted by Crippen LogP contribution is -2.54. The molecule has 1 heterocycles. The molecule has 7 nitrogen and oxygen atoms in total. The molecule has 1 unspecified atom stereocenters. The first-order valence-electron chi connectivity index (χ1n) is 9.81. The highest BCUT2D eigenvalue weighted by Gasteiger charge is 2.49. The molecule has 2 aromatic carbocycles. The molecule has 0 spiro atoms. The van der Waals surface area contributed by atoms with E-state index in [0.717, 1.165) is 16.9 Å². The van der Waals surface area contributed by atoms with Crippen LogP contribution in [0.2, 0.25) is 5.02 Å². The van der Waals surface area contributed by atoms with Crippen molar-refractivity contribution in [1.82, 2.24) is 0 Å². The van der Waals surface area contributed by atoms with Gasteiger partial charge in [0.1, 0.15) is 24.0 Å². The van der Waals surface area contributed by atoms with E-state index >= 15 is 0 Å². The van der Waals surface area contributed by atoms with Crippen LogP contribution in [0.5, 0.6) is 5.75 Å². The third-order valence-electron chi connectivity index (χ3n) is 5.35. The first-order valence-corrected chi connectivity index (χ1v) is 10.2. The second kappa shape index (κ2) is 9.85. The first-order chi connectivity index (χ1) is 14.5. The minimum Gasteiger partial charge on any atom is -0.494 e. The Labute approximate surface area is 180 Å². The molecule has 1 aliphatic heterocycles. The van der Waals surface area contributed by atoms with Gasteiger partial charge in [-0.1, -0.05) is 35.0 Å². The van der Waals surface area contributed by atoms with Gasteiger partial charge in [0.25, 0.3) is 0 Å². The minimum atomic E-state index is -1.33. The Morgan fingerprint density at radius 3 is 2.60 bits per heavy atom. The quantitative estimate of drug-likeness (QED) is 0.617. The molecule has 1 fully saturated rings. The van der Waals surface area contributed by atoms with E-state index in [4.69, 9.17) is 25.8 Å². The zero-order valence-electron chi connectivity index (χ0n) is 17.0. The molecule has 0 amide bonds. The van der Waals surface area contributed by atoms with Crippen molar-refractivity contribution < 1.29 is 24.4 Å². The highest BCUT2D eigenvalue weighted by molar-refractivity contribution is 6.31. The SMILES string of the molecule is CCOc1ccc(Cc2cc([C@@]3(OC)C[C@@H](N=O)C(O)[C@@H](CO)O3)ccc2Cl)cc1. The summed E-state index contributed by atoms with van der Waals surface area (Å²) in [5.41, 5.74) is 2.53. The predicted octanol–water partition coefficient (Wildman–Crippen LogP) is 3.41. The van der Waals surface area contributed by atoms with Crippen molar-refractivity contribution in [1.29, 1.82) is 0 Å². The zero-order valence-corrected chi connectivity index (χ0v) is 17.7. The molecule has 1 aliphatic rings. The topological polar surface area (TPSA) is 97.6 Å². The molecule has 0 aromatic heterocycles.